The van der Waals surface area contributed by atoms with Gasteiger partial charge in [-0.1, -0.05) is 0 Å². The first-order valence-corrected chi connectivity index (χ1v) is 6.69. The maximum atomic E-state index is 6.04. The summed E-state index contributed by atoms with van der Waals surface area (Å²) in [6.45, 7) is 1.28. The van der Waals surface area contributed by atoms with Gasteiger partial charge in [-0.25, -0.2) is 9.97 Å². The maximum Gasteiger partial charge on any atom is 0.136 e. The van der Waals surface area contributed by atoms with Crippen LogP contribution in [0.4, 0.5) is 5.82 Å². The third-order valence-electron chi connectivity index (χ3n) is 4.31. The Morgan fingerprint density at radius 2 is 2.17 bits per heavy atom. The summed E-state index contributed by atoms with van der Waals surface area (Å²) in [5, 5.41) is 0. The molecule has 5 heteroatoms. The molecule has 0 aliphatic carbocycles. The molecular formula is C13H17N3O2. The highest BCUT2D eigenvalue weighted by Crippen LogP contribution is 2.43. The number of anilines is 1. The van der Waals surface area contributed by atoms with Crippen LogP contribution in [0, 0.1) is 0 Å². The number of nitrogens with zero attached hydrogens (tertiary/aromatic N) is 2. The van der Waals surface area contributed by atoms with E-state index in [2.05, 4.69) is 4.98 Å². The number of rotatable bonds is 1. The summed E-state index contributed by atoms with van der Waals surface area (Å²) in [6, 6.07) is 0. The molecule has 96 valence electrons. The highest BCUT2D eigenvalue weighted by atomic mass is 16.5. The zero-order valence-electron chi connectivity index (χ0n) is 10.3. The second-order valence-electron chi connectivity index (χ2n) is 5.41. The van der Waals surface area contributed by atoms with Crippen molar-refractivity contribution in [2.24, 2.45) is 0 Å². The standard InChI is InChI=1S/C13H17N3O2/c14-12-9-6-17-4-3-10(9)15-13(16-12)8-5-7-1-2-11(8)18-7/h7-8,11H,1-6H2,(H2,14,15,16). The average molecular weight is 247 g/mol. The second kappa shape index (κ2) is 3.90. The number of nitrogens with two attached hydrogens (primary N) is 1. The summed E-state index contributed by atoms with van der Waals surface area (Å²) < 4.78 is 11.3. The van der Waals surface area contributed by atoms with Crippen molar-refractivity contribution in [1.29, 1.82) is 0 Å². The summed E-state index contributed by atoms with van der Waals surface area (Å²) in [5.41, 5.74) is 8.09. The predicted octanol–water partition coefficient (Wildman–Crippen LogP) is 1.17. The molecule has 18 heavy (non-hydrogen) atoms. The van der Waals surface area contributed by atoms with E-state index in [4.69, 9.17) is 20.2 Å². The van der Waals surface area contributed by atoms with Crippen molar-refractivity contribution in [1.82, 2.24) is 9.97 Å². The van der Waals surface area contributed by atoms with Gasteiger partial charge in [-0.3, -0.25) is 0 Å². The zero-order chi connectivity index (χ0) is 12.1. The largest absolute Gasteiger partial charge is 0.383 e. The molecule has 2 saturated heterocycles. The van der Waals surface area contributed by atoms with E-state index >= 15 is 0 Å². The van der Waals surface area contributed by atoms with E-state index in [0.29, 0.717) is 30.6 Å². The van der Waals surface area contributed by atoms with Crippen molar-refractivity contribution in [2.45, 2.75) is 50.4 Å². The van der Waals surface area contributed by atoms with Gasteiger partial charge >= 0.3 is 0 Å². The van der Waals surface area contributed by atoms with Crippen molar-refractivity contribution in [3.63, 3.8) is 0 Å². The fraction of sp³-hybridized carbons (Fsp3) is 0.692. The quantitative estimate of drug-likeness (QED) is 0.806. The van der Waals surface area contributed by atoms with Gasteiger partial charge < -0.3 is 15.2 Å². The van der Waals surface area contributed by atoms with E-state index in [1.54, 1.807) is 0 Å². The van der Waals surface area contributed by atoms with Crippen LogP contribution in [0.1, 0.15) is 42.3 Å². The van der Waals surface area contributed by atoms with E-state index < -0.39 is 0 Å². The van der Waals surface area contributed by atoms with Gasteiger partial charge in [0.25, 0.3) is 0 Å². The van der Waals surface area contributed by atoms with Gasteiger partial charge in [0.15, 0.2) is 0 Å². The SMILES string of the molecule is Nc1nc(C2CC3CCC2O3)nc2c1COCC2. The molecule has 5 nitrogen and oxygen atoms in total. The van der Waals surface area contributed by atoms with Crippen molar-refractivity contribution >= 4 is 5.82 Å². The maximum absolute atomic E-state index is 6.04. The second-order valence-corrected chi connectivity index (χ2v) is 5.41. The lowest BCUT2D eigenvalue weighted by Crippen LogP contribution is -2.22. The molecule has 3 atom stereocenters. The molecule has 0 amide bonds. The van der Waals surface area contributed by atoms with Gasteiger partial charge in [0.1, 0.15) is 11.6 Å². The van der Waals surface area contributed by atoms with Gasteiger partial charge in [-0.05, 0) is 19.3 Å². The topological polar surface area (TPSA) is 70.3 Å². The Balaban J connectivity index is 1.71. The Labute approximate surface area is 106 Å². The van der Waals surface area contributed by atoms with Gasteiger partial charge in [0.05, 0.1) is 31.1 Å². The van der Waals surface area contributed by atoms with Crippen LogP contribution in [0.5, 0.6) is 0 Å². The van der Waals surface area contributed by atoms with Crippen LogP contribution in [0.2, 0.25) is 0 Å². The van der Waals surface area contributed by atoms with Crippen LogP contribution in [0.25, 0.3) is 0 Å². The van der Waals surface area contributed by atoms with Crippen molar-refractivity contribution in [3.05, 3.63) is 17.1 Å². The first-order valence-electron chi connectivity index (χ1n) is 6.69. The molecule has 0 spiro atoms. The van der Waals surface area contributed by atoms with Crippen molar-refractivity contribution < 1.29 is 9.47 Å². The molecular weight excluding hydrogens is 230 g/mol. The summed E-state index contributed by atoms with van der Waals surface area (Å²) in [7, 11) is 0. The highest BCUT2D eigenvalue weighted by Gasteiger charge is 2.43. The minimum absolute atomic E-state index is 0.312. The number of aromatic nitrogens is 2. The lowest BCUT2D eigenvalue weighted by molar-refractivity contribution is 0.0993. The van der Waals surface area contributed by atoms with E-state index in [1.165, 1.54) is 6.42 Å². The fourth-order valence-corrected chi connectivity index (χ4v) is 3.35. The first-order chi connectivity index (χ1) is 8.81. The van der Waals surface area contributed by atoms with Gasteiger partial charge in [-0.15, -0.1) is 0 Å². The Hall–Kier alpha value is -1.20. The van der Waals surface area contributed by atoms with Crippen molar-refractivity contribution in [3.8, 4) is 0 Å². The molecule has 0 aromatic carbocycles. The first kappa shape index (κ1) is 10.7. The zero-order valence-corrected chi connectivity index (χ0v) is 10.3. The van der Waals surface area contributed by atoms with Crippen LogP contribution < -0.4 is 5.73 Å². The lowest BCUT2D eigenvalue weighted by Gasteiger charge is -2.22. The molecule has 2 fully saturated rings. The third-order valence-corrected chi connectivity index (χ3v) is 4.31. The summed E-state index contributed by atoms with van der Waals surface area (Å²) in [6.07, 6.45) is 4.96. The summed E-state index contributed by atoms with van der Waals surface area (Å²) >= 11 is 0. The summed E-state index contributed by atoms with van der Waals surface area (Å²) in [4.78, 5) is 9.22. The van der Waals surface area contributed by atoms with Crippen LogP contribution in [0.3, 0.4) is 0 Å². The average Bonchev–Trinajstić information content (AvgIpc) is 3.01. The Bertz CT molecular complexity index is 491. The van der Waals surface area contributed by atoms with E-state index in [-0.39, 0.29) is 0 Å². The Morgan fingerprint density at radius 1 is 1.22 bits per heavy atom. The lowest BCUT2D eigenvalue weighted by atomic mass is 9.88. The van der Waals surface area contributed by atoms with Gasteiger partial charge in [0, 0.05) is 17.9 Å². The molecule has 4 heterocycles. The van der Waals surface area contributed by atoms with Crippen LogP contribution in [-0.4, -0.2) is 28.8 Å². The Morgan fingerprint density at radius 3 is 2.94 bits per heavy atom. The van der Waals surface area contributed by atoms with Crippen molar-refractivity contribution in [2.75, 3.05) is 12.3 Å². The van der Waals surface area contributed by atoms with E-state index in [0.717, 1.165) is 43.0 Å². The predicted molar refractivity (Wildman–Crippen MR) is 65.1 cm³/mol. The van der Waals surface area contributed by atoms with Crippen LogP contribution >= 0.6 is 0 Å². The number of ether oxygens (including phenoxy) is 2. The Kier molecular flexibility index (Phi) is 2.32. The third kappa shape index (κ3) is 1.54. The number of hydrogen-bond acceptors (Lipinski definition) is 5. The number of hydrogen-bond donors (Lipinski definition) is 1. The molecule has 3 unspecified atom stereocenters. The fourth-order valence-electron chi connectivity index (χ4n) is 3.35. The summed E-state index contributed by atoms with van der Waals surface area (Å²) in [5.74, 6) is 1.83. The number of fused-ring (bicyclic) bond motifs is 3. The molecule has 2 bridgehead atoms. The molecule has 1 aromatic rings. The van der Waals surface area contributed by atoms with E-state index in [1.807, 2.05) is 0 Å². The minimum atomic E-state index is 0.312. The molecule has 3 aliphatic heterocycles. The number of nitrogen functional groups attached to an aromatic ring is 1. The molecule has 2 N–H and O–H groups in total. The van der Waals surface area contributed by atoms with Crippen LogP contribution in [-0.2, 0) is 22.5 Å². The minimum Gasteiger partial charge on any atom is -0.383 e. The molecule has 0 saturated carbocycles. The van der Waals surface area contributed by atoms with Gasteiger partial charge in [-0.2, -0.15) is 0 Å². The molecule has 1 aromatic heterocycles. The van der Waals surface area contributed by atoms with Crippen LogP contribution in [0.15, 0.2) is 0 Å². The van der Waals surface area contributed by atoms with E-state index in [9.17, 15) is 0 Å². The monoisotopic (exact) mass is 247 g/mol. The molecule has 4 rings (SSSR count). The highest BCUT2D eigenvalue weighted by molar-refractivity contribution is 5.43. The normalized spacial score (nSPS) is 33.7. The van der Waals surface area contributed by atoms with Gasteiger partial charge in [0.2, 0.25) is 0 Å². The molecule has 0 radical (unpaired) electrons. The smallest absolute Gasteiger partial charge is 0.136 e. The molecule has 3 aliphatic rings.